The number of rotatable bonds is 2. The Hall–Kier alpha value is -1.55. The molecule has 1 saturated carbocycles. The number of urea groups is 1. The Balaban J connectivity index is 1.67. The van der Waals surface area contributed by atoms with E-state index < -0.39 is 0 Å². The first-order valence-electron chi connectivity index (χ1n) is 7.56. The van der Waals surface area contributed by atoms with Gasteiger partial charge in [0.1, 0.15) is 0 Å². The van der Waals surface area contributed by atoms with E-state index in [9.17, 15) is 9.90 Å². The number of anilines is 1. The Bertz CT molecular complexity index is 463. The van der Waals surface area contributed by atoms with Crippen LogP contribution in [-0.2, 0) is 0 Å². The Morgan fingerprint density at radius 1 is 1.15 bits per heavy atom. The largest absolute Gasteiger partial charge is 0.393 e. The van der Waals surface area contributed by atoms with Crippen LogP contribution in [0.3, 0.4) is 0 Å². The Kier molecular flexibility index (Phi) is 3.92. The number of carbonyl (C=O) groups excluding carboxylic acids is 1. The number of likely N-dealkylation sites (tertiary alicyclic amines) is 1. The van der Waals surface area contributed by atoms with Crippen LogP contribution in [0.1, 0.15) is 32.1 Å². The molecule has 2 N–H and O–H groups in total. The third-order valence-corrected chi connectivity index (χ3v) is 4.61. The fraction of sp³-hybridized carbons (Fsp3) is 0.562. The summed E-state index contributed by atoms with van der Waals surface area (Å²) in [6.07, 6.45) is 4.83. The van der Waals surface area contributed by atoms with Gasteiger partial charge in [-0.05, 0) is 37.8 Å². The molecule has 1 aliphatic heterocycles. The summed E-state index contributed by atoms with van der Waals surface area (Å²) in [6, 6.07) is 9.73. The van der Waals surface area contributed by atoms with E-state index in [1.165, 1.54) is 0 Å². The zero-order valence-electron chi connectivity index (χ0n) is 11.7. The molecule has 108 valence electrons. The lowest BCUT2D eigenvalue weighted by molar-refractivity contribution is 0.0867. The summed E-state index contributed by atoms with van der Waals surface area (Å²) in [7, 11) is 0. The van der Waals surface area contributed by atoms with Crippen molar-refractivity contribution in [3.05, 3.63) is 30.3 Å². The van der Waals surface area contributed by atoms with Crippen molar-refractivity contribution >= 4 is 11.7 Å². The van der Waals surface area contributed by atoms with Gasteiger partial charge in [-0.3, -0.25) is 0 Å². The summed E-state index contributed by atoms with van der Waals surface area (Å²) in [6.45, 7) is 0.798. The predicted molar refractivity (Wildman–Crippen MR) is 78.5 cm³/mol. The highest BCUT2D eigenvalue weighted by molar-refractivity contribution is 5.89. The molecule has 2 amide bonds. The molecule has 1 aromatic rings. The Morgan fingerprint density at radius 3 is 2.65 bits per heavy atom. The van der Waals surface area contributed by atoms with E-state index >= 15 is 0 Å². The first-order chi connectivity index (χ1) is 9.75. The second-order valence-electron chi connectivity index (χ2n) is 5.86. The van der Waals surface area contributed by atoms with Crippen LogP contribution >= 0.6 is 0 Å². The predicted octanol–water partition coefficient (Wildman–Crippen LogP) is 2.84. The van der Waals surface area contributed by atoms with E-state index in [2.05, 4.69) is 5.32 Å². The van der Waals surface area contributed by atoms with Crippen LogP contribution in [0.5, 0.6) is 0 Å². The maximum atomic E-state index is 12.4. The van der Waals surface area contributed by atoms with Gasteiger partial charge in [0, 0.05) is 24.2 Å². The average Bonchev–Trinajstić information content (AvgIpc) is 3.07. The van der Waals surface area contributed by atoms with Gasteiger partial charge in [-0.1, -0.05) is 24.6 Å². The van der Waals surface area contributed by atoms with E-state index in [-0.39, 0.29) is 24.1 Å². The van der Waals surface area contributed by atoms with Crippen LogP contribution in [0.25, 0.3) is 0 Å². The van der Waals surface area contributed by atoms with Gasteiger partial charge in [0.2, 0.25) is 0 Å². The van der Waals surface area contributed by atoms with Crippen molar-refractivity contribution < 1.29 is 9.90 Å². The first-order valence-corrected chi connectivity index (χ1v) is 7.56. The smallest absolute Gasteiger partial charge is 0.322 e. The van der Waals surface area contributed by atoms with Crippen molar-refractivity contribution in [2.75, 3.05) is 11.9 Å². The third-order valence-electron chi connectivity index (χ3n) is 4.61. The zero-order chi connectivity index (χ0) is 13.9. The topological polar surface area (TPSA) is 52.6 Å². The molecule has 1 aliphatic carbocycles. The molecule has 4 heteroatoms. The van der Waals surface area contributed by atoms with Crippen LogP contribution in [0.4, 0.5) is 10.5 Å². The van der Waals surface area contributed by atoms with Gasteiger partial charge in [0.15, 0.2) is 0 Å². The van der Waals surface area contributed by atoms with Gasteiger partial charge in [0.05, 0.1) is 6.10 Å². The van der Waals surface area contributed by atoms with E-state index in [0.29, 0.717) is 0 Å². The molecule has 2 fully saturated rings. The Morgan fingerprint density at radius 2 is 1.95 bits per heavy atom. The van der Waals surface area contributed by atoms with Gasteiger partial charge in [-0.2, -0.15) is 0 Å². The van der Waals surface area contributed by atoms with E-state index in [1.807, 2.05) is 35.2 Å². The molecule has 0 radical (unpaired) electrons. The third kappa shape index (κ3) is 2.66. The molecule has 1 saturated heterocycles. The van der Waals surface area contributed by atoms with Crippen molar-refractivity contribution in [2.24, 2.45) is 5.92 Å². The summed E-state index contributed by atoms with van der Waals surface area (Å²) in [5.41, 5.74) is 0.829. The molecule has 0 bridgehead atoms. The van der Waals surface area contributed by atoms with E-state index in [4.69, 9.17) is 0 Å². The van der Waals surface area contributed by atoms with Gasteiger partial charge >= 0.3 is 6.03 Å². The molecule has 3 rings (SSSR count). The van der Waals surface area contributed by atoms with Crippen LogP contribution in [-0.4, -0.2) is 34.7 Å². The fourth-order valence-electron chi connectivity index (χ4n) is 3.62. The number of aliphatic hydroxyl groups is 1. The summed E-state index contributed by atoms with van der Waals surface area (Å²) in [5.74, 6) is 0.263. The summed E-state index contributed by atoms with van der Waals surface area (Å²) in [5, 5.41) is 13.0. The molecule has 20 heavy (non-hydrogen) atoms. The number of hydrogen-bond donors (Lipinski definition) is 2. The van der Waals surface area contributed by atoms with Crippen LogP contribution in [0.2, 0.25) is 0 Å². The maximum Gasteiger partial charge on any atom is 0.322 e. The van der Waals surface area contributed by atoms with Gasteiger partial charge in [0.25, 0.3) is 0 Å². The maximum absolute atomic E-state index is 12.4. The number of nitrogens with zero attached hydrogens (tertiary/aromatic N) is 1. The normalized spacial score (nSPS) is 29.6. The fourth-order valence-corrected chi connectivity index (χ4v) is 3.62. The van der Waals surface area contributed by atoms with Crippen LogP contribution in [0.15, 0.2) is 30.3 Å². The highest BCUT2D eigenvalue weighted by atomic mass is 16.3. The molecule has 0 aromatic heterocycles. The summed E-state index contributed by atoms with van der Waals surface area (Å²) in [4.78, 5) is 14.3. The van der Waals surface area contributed by atoms with Crippen LogP contribution in [0, 0.1) is 5.92 Å². The van der Waals surface area contributed by atoms with Gasteiger partial charge in [-0.15, -0.1) is 0 Å². The van der Waals surface area contributed by atoms with Crippen molar-refractivity contribution in [3.8, 4) is 0 Å². The zero-order valence-corrected chi connectivity index (χ0v) is 11.7. The second kappa shape index (κ2) is 5.83. The van der Waals surface area contributed by atoms with Crippen molar-refractivity contribution in [2.45, 2.75) is 44.2 Å². The molecule has 1 heterocycles. The quantitative estimate of drug-likeness (QED) is 0.871. The average molecular weight is 274 g/mol. The first kappa shape index (κ1) is 13.4. The molecule has 3 unspecified atom stereocenters. The van der Waals surface area contributed by atoms with Crippen molar-refractivity contribution in [3.63, 3.8) is 0 Å². The molecule has 4 nitrogen and oxygen atoms in total. The van der Waals surface area contributed by atoms with Gasteiger partial charge < -0.3 is 15.3 Å². The molecule has 0 spiro atoms. The highest BCUT2D eigenvalue weighted by Gasteiger charge is 2.40. The molecule has 2 aliphatic rings. The molecular weight excluding hydrogens is 252 g/mol. The number of hydrogen-bond acceptors (Lipinski definition) is 2. The number of para-hydroxylation sites is 1. The minimum absolute atomic E-state index is 0.0298. The SMILES string of the molecule is O=C(Nc1ccccc1)N1CCCC1C1CCCC1O. The summed E-state index contributed by atoms with van der Waals surface area (Å²) >= 11 is 0. The standard InChI is InChI=1S/C16H22N2O2/c19-15-10-4-8-13(15)14-9-5-11-18(14)16(20)17-12-6-2-1-3-7-12/h1-3,6-7,13-15,19H,4-5,8-11H2,(H,17,20). The summed E-state index contributed by atoms with van der Waals surface area (Å²) < 4.78 is 0. The Labute approximate surface area is 119 Å². The number of benzene rings is 1. The number of nitrogens with one attached hydrogen (secondary N) is 1. The van der Waals surface area contributed by atoms with Crippen molar-refractivity contribution in [1.29, 1.82) is 0 Å². The van der Waals surface area contributed by atoms with E-state index in [0.717, 1.165) is 44.3 Å². The second-order valence-corrected chi connectivity index (χ2v) is 5.86. The highest BCUT2D eigenvalue weighted by Crippen LogP contribution is 2.35. The lowest BCUT2D eigenvalue weighted by Crippen LogP contribution is -2.44. The molecular formula is C16H22N2O2. The lowest BCUT2D eigenvalue weighted by atomic mass is 9.94. The number of aliphatic hydroxyl groups excluding tert-OH is 1. The van der Waals surface area contributed by atoms with E-state index in [1.54, 1.807) is 0 Å². The lowest BCUT2D eigenvalue weighted by Gasteiger charge is -2.31. The number of amides is 2. The van der Waals surface area contributed by atoms with Gasteiger partial charge in [-0.25, -0.2) is 4.79 Å². The minimum atomic E-state index is -0.231. The monoisotopic (exact) mass is 274 g/mol. The minimum Gasteiger partial charge on any atom is -0.393 e. The van der Waals surface area contributed by atoms with Crippen LogP contribution < -0.4 is 5.32 Å². The molecule has 3 atom stereocenters. The van der Waals surface area contributed by atoms with Crippen molar-refractivity contribution in [1.82, 2.24) is 4.90 Å². The molecule has 1 aromatic carbocycles. The number of carbonyl (C=O) groups is 1.